The minimum absolute atomic E-state index is 0.480. The number of aromatic amines is 1. The Balaban J connectivity index is 1.97. The topological polar surface area (TPSA) is 63.9 Å². The van der Waals surface area contributed by atoms with Crippen LogP contribution in [0.3, 0.4) is 0 Å². The molecule has 0 spiro atoms. The number of H-pyrrole nitrogens is 1. The van der Waals surface area contributed by atoms with Crippen LogP contribution in [0.4, 0.5) is 4.39 Å². The summed E-state index contributed by atoms with van der Waals surface area (Å²) >= 11 is 0. The van der Waals surface area contributed by atoms with E-state index in [4.69, 9.17) is 9.26 Å². The quantitative estimate of drug-likeness (QED) is 0.554. The minimum Gasteiger partial charge on any atom is -0.463 e. The Labute approximate surface area is 149 Å². The first-order chi connectivity index (χ1) is 12.6. The lowest BCUT2D eigenvalue weighted by molar-refractivity contribution is 0.192. The average molecular weight is 351 g/mol. The Morgan fingerprint density at radius 1 is 1.12 bits per heavy atom. The van der Waals surface area contributed by atoms with Crippen molar-refractivity contribution in [2.75, 3.05) is 6.86 Å². The molecule has 0 saturated carbocycles. The molecule has 0 aliphatic carbocycles. The van der Waals surface area contributed by atoms with Gasteiger partial charge in [-0.25, -0.2) is 9.37 Å². The van der Waals surface area contributed by atoms with Gasteiger partial charge in [0.25, 0.3) is 0 Å². The number of hydrogen-bond donors (Lipinski definition) is 1. The molecule has 0 fully saturated rings. The summed E-state index contributed by atoms with van der Waals surface area (Å²) in [5, 5.41) is 4.06. The van der Waals surface area contributed by atoms with Gasteiger partial charge >= 0.3 is 0 Å². The Kier molecular flexibility index (Phi) is 3.95. The largest absolute Gasteiger partial charge is 0.463 e. The SMILES string of the molecule is Cc1nc2c(-c3cccc(OCF)c3)cc(-c3c(C)noc3C)cc2[nH]1. The summed E-state index contributed by atoms with van der Waals surface area (Å²) in [7, 11) is 0. The lowest BCUT2D eigenvalue weighted by Gasteiger charge is -2.09. The number of halogens is 1. The lowest BCUT2D eigenvalue weighted by atomic mass is 9.96. The summed E-state index contributed by atoms with van der Waals surface area (Å²) in [5.41, 5.74) is 6.41. The first-order valence-corrected chi connectivity index (χ1v) is 8.29. The van der Waals surface area contributed by atoms with Crippen LogP contribution >= 0.6 is 0 Å². The van der Waals surface area contributed by atoms with Crippen LogP contribution in [0.15, 0.2) is 40.9 Å². The minimum atomic E-state index is -0.862. The molecular formula is C20H18FN3O2. The first-order valence-electron chi connectivity index (χ1n) is 8.29. The molecule has 1 N–H and O–H groups in total. The zero-order valence-corrected chi connectivity index (χ0v) is 14.8. The van der Waals surface area contributed by atoms with Crippen molar-refractivity contribution in [1.29, 1.82) is 0 Å². The molecule has 2 aromatic heterocycles. The molecule has 0 aliphatic heterocycles. The van der Waals surface area contributed by atoms with Crippen molar-refractivity contribution in [3.05, 3.63) is 53.7 Å². The van der Waals surface area contributed by atoms with Gasteiger partial charge in [0.05, 0.1) is 16.7 Å². The molecule has 2 aromatic carbocycles. The second-order valence-corrected chi connectivity index (χ2v) is 6.22. The fourth-order valence-electron chi connectivity index (χ4n) is 3.32. The van der Waals surface area contributed by atoms with Gasteiger partial charge in [-0.15, -0.1) is 0 Å². The van der Waals surface area contributed by atoms with Gasteiger partial charge in [0.1, 0.15) is 17.3 Å². The number of rotatable bonds is 4. The van der Waals surface area contributed by atoms with Crippen molar-refractivity contribution in [2.24, 2.45) is 0 Å². The third-order valence-corrected chi connectivity index (χ3v) is 4.39. The highest BCUT2D eigenvalue weighted by molar-refractivity contribution is 5.96. The number of imidazole rings is 1. The van der Waals surface area contributed by atoms with Gasteiger partial charge in [0.2, 0.25) is 6.86 Å². The van der Waals surface area contributed by atoms with Crippen LogP contribution in [0, 0.1) is 20.8 Å². The first kappa shape index (κ1) is 16.3. The second-order valence-electron chi connectivity index (χ2n) is 6.22. The molecule has 5 nitrogen and oxygen atoms in total. The zero-order valence-electron chi connectivity index (χ0n) is 14.8. The fourth-order valence-corrected chi connectivity index (χ4v) is 3.32. The number of aryl methyl sites for hydroxylation is 3. The summed E-state index contributed by atoms with van der Waals surface area (Å²) in [4.78, 5) is 7.92. The number of nitrogens with one attached hydrogen (secondary N) is 1. The van der Waals surface area contributed by atoms with Gasteiger partial charge in [-0.2, -0.15) is 0 Å². The van der Waals surface area contributed by atoms with E-state index in [1.165, 1.54) is 0 Å². The molecule has 0 radical (unpaired) electrons. The Morgan fingerprint density at radius 2 is 1.96 bits per heavy atom. The van der Waals surface area contributed by atoms with E-state index >= 15 is 0 Å². The van der Waals surface area contributed by atoms with E-state index in [2.05, 4.69) is 21.2 Å². The van der Waals surface area contributed by atoms with Crippen molar-refractivity contribution in [1.82, 2.24) is 15.1 Å². The smallest absolute Gasteiger partial charge is 0.228 e. The molecule has 26 heavy (non-hydrogen) atoms. The van der Waals surface area contributed by atoms with E-state index in [1.54, 1.807) is 6.07 Å². The average Bonchev–Trinajstić information content (AvgIpc) is 3.15. The molecule has 2 heterocycles. The molecule has 0 saturated heterocycles. The van der Waals surface area contributed by atoms with Gasteiger partial charge in [-0.05, 0) is 56.2 Å². The van der Waals surface area contributed by atoms with Gasteiger partial charge in [-0.1, -0.05) is 17.3 Å². The van der Waals surface area contributed by atoms with E-state index in [-0.39, 0.29) is 0 Å². The summed E-state index contributed by atoms with van der Waals surface area (Å²) in [5.74, 6) is 2.07. The molecule has 0 bridgehead atoms. The number of aromatic nitrogens is 3. The maximum absolute atomic E-state index is 12.6. The monoisotopic (exact) mass is 351 g/mol. The third-order valence-electron chi connectivity index (χ3n) is 4.39. The fraction of sp³-hybridized carbons (Fsp3) is 0.200. The van der Waals surface area contributed by atoms with Crippen molar-refractivity contribution < 1.29 is 13.7 Å². The second kappa shape index (κ2) is 6.29. The van der Waals surface area contributed by atoms with Crippen molar-refractivity contribution in [3.63, 3.8) is 0 Å². The molecule has 4 aromatic rings. The molecule has 0 unspecified atom stereocenters. The molecule has 6 heteroatoms. The summed E-state index contributed by atoms with van der Waals surface area (Å²) < 4.78 is 22.9. The van der Waals surface area contributed by atoms with E-state index < -0.39 is 6.86 Å². The van der Waals surface area contributed by atoms with Gasteiger partial charge in [0.15, 0.2) is 0 Å². The van der Waals surface area contributed by atoms with E-state index in [0.717, 1.165) is 50.6 Å². The summed E-state index contributed by atoms with van der Waals surface area (Å²) in [6, 6.07) is 11.5. The van der Waals surface area contributed by atoms with E-state index in [0.29, 0.717) is 5.75 Å². The molecule has 0 amide bonds. The number of hydrogen-bond acceptors (Lipinski definition) is 4. The van der Waals surface area contributed by atoms with E-state index in [1.807, 2.05) is 45.0 Å². The maximum Gasteiger partial charge on any atom is 0.228 e. The number of benzene rings is 2. The number of nitrogens with zero attached hydrogens (tertiary/aromatic N) is 2. The molecule has 4 rings (SSSR count). The van der Waals surface area contributed by atoms with Crippen LogP contribution in [0.25, 0.3) is 33.3 Å². The Bertz CT molecular complexity index is 1080. The van der Waals surface area contributed by atoms with Crippen LogP contribution in [0.1, 0.15) is 17.3 Å². The molecule has 0 aliphatic rings. The lowest BCUT2D eigenvalue weighted by Crippen LogP contribution is -1.91. The number of alkyl halides is 1. The molecular weight excluding hydrogens is 333 g/mol. The number of ether oxygens (including phenoxy) is 1. The predicted molar refractivity (Wildman–Crippen MR) is 97.8 cm³/mol. The Hall–Kier alpha value is -3.15. The van der Waals surface area contributed by atoms with Crippen molar-refractivity contribution in [3.8, 4) is 28.0 Å². The molecule has 0 atom stereocenters. The van der Waals surface area contributed by atoms with Gasteiger partial charge < -0.3 is 14.2 Å². The predicted octanol–water partition coefficient (Wildman–Crippen LogP) is 5.12. The summed E-state index contributed by atoms with van der Waals surface area (Å²) in [6.07, 6.45) is 0. The highest BCUT2D eigenvalue weighted by atomic mass is 19.1. The maximum atomic E-state index is 12.6. The third kappa shape index (κ3) is 2.73. The number of fused-ring (bicyclic) bond motifs is 1. The van der Waals surface area contributed by atoms with Crippen LogP contribution in [-0.4, -0.2) is 22.0 Å². The highest BCUT2D eigenvalue weighted by Crippen LogP contribution is 2.36. The van der Waals surface area contributed by atoms with Crippen LogP contribution < -0.4 is 4.74 Å². The van der Waals surface area contributed by atoms with Crippen LogP contribution in [-0.2, 0) is 0 Å². The highest BCUT2D eigenvalue weighted by Gasteiger charge is 2.17. The van der Waals surface area contributed by atoms with Crippen molar-refractivity contribution in [2.45, 2.75) is 20.8 Å². The normalized spacial score (nSPS) is 11.2. The van der Waals surface area contributed by atoms with E-state index in [9.17, 15) is 4.39 Å². The standard InChI is InChI=1S/C20H18FN3O2/c1-11-19(12(2)26-24-11)15-8-17(20-18(9-15)22-13(3)23-20)14-5-4-6-16(7-14)25-10-21/h4-9H,10H2,1-3H3,(H,22,23). The Morgan fingerprint density at radius 3 is 2.69 bits per heavy atom. The zero-order chi connectivity index (χ0) is 18.3. The van der Waals surface area contributed by atoms with Gasteiger partial charge in [0, 0.05) is 11.1 Å². The summed E-state index contributed by atoms with van der Waals surface area (Å²) in [6.45, 7) is 4.87. The van der Waals surface area contributed by atoms with Gasteiger partial charge in [-0.3, -0.25) is 0 Å². The molecule has 132 valence electrons. The van der Waals surface area contributed by atoms with Crippen molar-refractivity contribution >= 4 is 11.0 Å². The van der Waals surface area contributed by atoms with Crippen LogP contribution in [0.5, 0.6) is 5.75 Å². The van der Waals surface area contributed by atoms with Crippen LogP contribution in [0.2, 0.25) is 0 Å².